The molecule has 1 amide bonds. The molecule has 0 atom stereocenters. The number of carbonyl (C=O) groups is 1. The Morgan fingerprint density at radius 2 is 2.06 bits per heavy atom. The highest BCUT2D eigenvalue weighted by Gasteiger charge is 2.08. The Kier molecular flexibility index (Phi) is 3.54. The van der Waals surface area contributed by atoms with Crippen LogP contribution in [0.25, 0.3) is 0 Å². The lowest BCUT2D eigenvalue weighted by molar-refractivity contribution is 0.0999. The first kappa shape index (κ1) is 11.8. The van der Waals surface area contributed by atoms with Crippen LogP contribution < -0.4 is 5.73 Å². The number of primary amides is 1. The number of hydrogen-bond donors (Lipinski definition) is 1. The Bertz CT molecular complexity index is 534. The van der Waals surface area contributed by atoms with Crippen molar-refractivity contribution in [3.8, 4) is 0 Å². The normalized spacial score (nSPS) is 10.4. The van der Waals surface area contributed by atoms with Crippen LogP contribution in [0.1, 0.15) is 21.7 Å². The van der Waals surface area contributed by atoms with Crippen LogP contribution in [-0.4, -0.2) is 5.91 Å². The molecular weight excluding hydrogens is 234 g/mol. The van der Waals surface area contributed by atoms with E-state index in [0.717, 1.165) is 16.4 Å². The van der Waals surface area contributed by atoms with Crippen LogP contribution in [0, 0.1) is 6.92 Å². The fraction of sp³-hybridized carbons (Fsp3) is 0.154. The minimum atomic E-state index is -0.392. The molecule has 0 saturated heterocycles. The summed E-state index contributed by atoms with van der Waals surface area (Å²) in [5.41, 5.74) is 6.82. The van der Waals surface area contributed by atoms with Crippen LogP contribution in [0.15, 0.2) is 45.9 Å². The second kappa shape index (κ2) is 5.10. The van der Waals surface area contributed by atoms with Crippen molar-refractivity contribution in [2.45, 2.75) is 17.8 Å². The topological polar surface area (TPSA) is 56.2 Å². The number of nitrogens with two attached hydrogens (primary N) is 1. The molecular formula is C13H13NO2S. The number of furan rings is 1. The zero-order valence-corrected chi connectivity index (χ0v) is 10.3. The van der Waals surface area contributed by atoms with Gasteiger partial charge in [-0.25, -0.2) is 0 Å². The maximum Gasteiger partial charge on any atom is 0.249 e. The molecule has 0 spiro atoms. The second-order valence-electron chi connectivity index (χ2n) is 3.68. The van der Waals surface area contributed by atoms with E-state index in [1.807, 2.05) is 37.3 Å². The number of rotatable bonds is 4. The lowest BCUT2D eigenvalue weighted by Crippen LogP contribution is -2.13. The van der Waals surface area contributed by atoms with E-state index >= 15 is 0 Å². The number of aryl methyl sites for hydroxylation is 1. The highest BCUT2D eigenvalue weighted by Crippen LogP contribution is 2.25. The zero-order valence-electron chi connectivity index (χ0n) is 9.47. The highest BCUT2D eigenvalue weighted by atomic mass is 32.2. The average Bonchev–Trinajstić information content (AvgIpc) is 2.73. The first-order valence-electron chi connectivity index (χ1n) is 5.24. The van der Waals surface area contributed by atoms with Gasteiger partial charge < -0.3 is 10.2 Å². The monoisotopic (exact) mass is 247 g/mol. The van der Waals surface area contributed by atoms with Crippen LogP contribution in [-0.2, 0) is 5.75 Å². The predicted octanol–water partition coefficient (Wildman–Crippen LogP) is 2.98. The van der Waals surface area contributed by atoms with Gasteiger partial charge >= 0.3 is 0 Å². The van der Waals surface area contributed by atoms with Gasteiger partial charge in [-0.3, -0.25) is 4.79 Å². The lowest BCUT2D eigenvalue weighted by Gasteiger charge is -2.04. The van der Waals surface area contributed by atoms with E-state index in [-0.39, 0.29) is 0 Å². The van der Waals surface area contributed by atoms with Gasteiger partial charge in [0, 0.05) is 11.3 Å². The number of benzene rings is 1. The van der Waals surface area contributed by atoms with Crippen molar-refractivity contribution in [1.29, 1.82) is 0 Å². The highest BCUT2D eigenvalue weighted by molar-refractivity contribution is 7.98. The summed E-state index contributed by atoms with van der Waals surface area (Å²) in [5.74, 6) is 1.17. The predicted molar refractivity (Wildman–Crippen MR) is 68.0 cm³/mol. The van der Waals surface area contributed by atoms with Gasteiger partial charge in [-0.2, -0.15) is 0 Å². The molecule has 0 aliphatic heterocycles. The van der Waals surface area contributed by atoms with E-state index in [0.29, 0.717) is 11.3 Å². The molecule has 1 aromatic heterocycles. The summed E-state index contributed by atoms with van der Waals surface area (Å²) in [7, 11) is 0. The van der Waals surface area contributed by atoms with E-state index in [1.165, 1.54) is 0 Å². The van der Waals surface area contributed by atoms with E-state index in [4.69, 9.17) is 10.2 Å². The van der Waals surface area contributed by atoms with Crippen molar-refractivity contribution in [3.05, 3.63) is 53.3 Å². The molecule has 2 N–H and O–H groups in total. The fourth-order valence-corrected chi connectivity index (χ4v) is 2.43. The summed E-state index contributed by atoms with van der Waals surface area (Å²) >= 11 is 1.55. The van der Waals surface area contributed by atoms with Crippen LogP contribution >= 0.6 is 11.8 Å². The molecule has 4 heteroatoms. The molecule has 0 fully saturated rings. The molecule has 0 saturated carbocycles. The number of amides is 1. The first-order valence-corrected chi connectivity index (χ1v) is 6.22. The Morgan fingerprint density at radius 3 is 2.71 bits per heavy atom. The average molecular weight is 247 g/mol. The van der Waals surface area contributed by atoms with Gasteiger partial charge in [0.05, 0.1) is 0 Å². The van der Waals surface area contributed by atoms with Crippen molar-refractivity contribution < 1.29 is 9.21 Å². The third-order valence-corrected chi connectivity index (χ3v) is 3.33. The number of hydrogen-bond acceptors (Lipinski definition) is 3. The van der Waals surface area contributed by atoms with Crippen molar-refractivity contribution in [2.24, 2.45) is 5.73 Å². The maximum atomic E-state index is 11.2. The zero-order chi connectivity index (χ0) is 12.3. The molecule has 0 aliphatic carbocycles. The largest absolute Gasteiger partial charge is 0.455 e. The quantitative estimate of drug-likeness (QED) is 0.845. The second-order valence-corrected chi connectivity index (χ2v) is 4.65. The van der Waals surface area contributed by atoms with E-state index in [9.17, 15) is 4.79 Å². The minimum Gasteiger partial charge on any atom is -0.455 e. The van der Waals surface area contributed by atoms with Crippen LogP contribution in [0.4, 0.5) is 0 Å². The molecule has 0 radical (unpaired) electrons. The summed E-state index contributed by atoms with van der Waals surface area (Å²) in [6.45, 7) is 1.90. The Labute approximate surface area is 104 Å². The van der Waals surface area contributed by atoms with Crippen molar-refractivity contribution in [3.63, 3.8) is 0 Å². The SMILES string of the molecule is Cc1ccc(SCc2ccccc2C(N)=O)o1. The summed E-state index contributed by atoms with van der Waals surface area (Å²) < 4.78 is 5.45. The van der Waals surface area contributed by atoms with Crippen molar-refractivity contribution >= 4 is 17.7 Å². The van der Waals surface area contributed by atoms with Crippen LogP contribution in [0.5, 0.6) is 0 Å². The third kappa shape index (κ3) is 2.91. The van der Waals surface area contributed by atoms with Gasteiger partial charge in [0.2, 0.25) is 5.91 Å². The van der Waals surface area contributed by atoms with E-state index in [1.54, 1.807) is 17.8 Å². The van der Waals surface area contributed by atoms with E-state index < -0.39 is 5.91 Å². The Hall–Kier alpha value is -1.68. The molecule has 2 aromatic rings. The van der Waals surface area contributed by atoms with Crippen LogP contribution in [0.3, 0.4) is 0 Å². The summed E-state index contributed by atoms with van der Waals surface area (Å²) in [6.07, 6.45) is 0. The first-order chi connectivity index (χ1) is 8.16. The van der Waals surface area contributed by atoms with Gasteiger partial charge in [-0.15, -0.1) is 0 Å². The third-order valence-electron chi connectivity index (χ3n) is 2.37. The lowest BCUT2D eigenvalue weighted by atomic mass is 10.1. The standard InChI is InChI=1S/C13H13NO2S/c1-9-6-7-12(16-9)17-8-10-4-2-3-5-11(10)13(14)15/h2-7H,8H2,1H3,(H2,14,15). The van der Waals surface area contributed by atoms with Gasteiger partial charge in [-0.1, -0.05) is 30.0 Å². The Morgan fingerprint density at radius 1 is 1.29 bits per heavy atom. The van der Waals surface area contributed by atoms with Crippen molar-refractivity contribution in [1.82, 2.24) is 0 Å². The van der Waals surface area contributed by atoms with E-state index in [2.05, 4.69) is 0 Å². The van der Waals surface area contributed by atoms with Crippen molar-refractivity contribution in [2.75, 3.05) is 0 Å². The van der Waals surface area contributed by atoms with Gasteiger partial charge in [-0.05, 0) is 30.7 Å². The molecule has 2 rings (SSSR count). The number of thioether (sulfide) groups is 1. The fourth-order valence-electron chi connectivity index (χ4n) is 1.53. The van der Waals surface area contributed by atoms with Crippen LogP contribution in [0.2, 0.25) is 0 Å². The molecule has 88 valence electrons. The summed E-state index contributed by atoms with van der Waals surface area (Å²) in [6, 6.07) is 11.2. The maximum absolute atomic E-state index is 11.2. The molecule has 1 aromatic carbocycles. The smallest absolute Gasteiger partial charge is 0.249 e. The molecule has 17 heavy (non-hydrogen) atoms. The van der Waals surface area contributed by atoms with Gasteiger partial charge in [0.25, 0.3) is 0 Å². The molecule has 0 unspecified atom stereocenters. The Balaban J connectivity index is 2.11. The molecule has 1 heterocycles. The van der Waals surface area contributed by atoms with Gasteiger partial charge in [0.1, 0.15) is 5.76 Å². The summed E-state index contributed by atoms with van der Waals surface area (Å²) in [4.78, 5) is 11.2. The molecule has 0 bridgehead atoms. The number of carbonyl (C=O) groups excluding carboxylic acids is 1. The molecule has 3 nitrogen and oxygen atoms in total. The van der Waals surface area contributed by atoms with Gasteiger partial charge in [0.15, 0.2) is 5.09 Å². The molecule has 0 aliphatic rings. The minimum absolute atomic E-state index is 0.392. The summed E-state index contributed by atoms with van der Waals surface area (Å²) in [5, 5.41) is 0.849.